The Hall–Kier alpha value is -2.87. The molecule has 0 fully saturated rings. The van der Waals surface area contributed by atoms with Crippen molar-refractivity contribution < 1.29 is 24.2 Å². The Labute approximate surface area is 203 Å². The van der Waals surface area contributed by atoms with E-state index in [1.165, 1.54) is 11.0 Å². The molecule has 0 aromatic heterocycles. The summed E-state index contributed by atoms with van der Waals surface area (Å²) in [5.41, 5.74) is 1.65. The first-order valence-corrected chi connectivity index (χ1v) is 11.8. The number of aliphatic hydroxyl groups excluding tert-OH is 1. The van der Waals surface area contributed by atoms with Gasteiger partial charge in [-0.25, -0.2) is 4.79 Å². The molecule has 8 nitrogen and oxygen atoms in total. The van der Waals surface area contributed by atoms with Crippen molar-refractivity contribution in [1.29, 1.82) is 0 Å². The molecule has 0 bridgehead atoms. The minimum absolute atomic E-state index is 0.0478. The Morgan fingerprint density at radius 1 is 1.18 bits per heavy atom. The van der Waals surface area contributed by atoms with Gasteiger partial charge in [0.15, 0.2) is 0 Å². The van der Waals surface area contributed by atoms with Crippen LogP contribution in [0.2, 0.25) is 0 Å². The van der Waals surface area contributed by atoms with E-state index in [9.17, 15) is 19.5 Å². The molecule has 8 heteroatoms. The highest BCUT2D eigenvalue weighted by Crippen LogP contribution is 2.28. The fourth-order valence-corrected chi connectivity index (χ4v) is 3.67. The molecule has 3 amide bonds. The minimum Gasteiger partial charge on any atom is -0.444 e. The van der Waals surface area contributed by atoms with Gasteiger partial charge in [-0.3, -0.25) is 9.59 Å². The SMILES string of the molecule is C=CCN(C(=O)C(CO)NC(=O)OC(C)(C)C)C(C(=O)NCCCCC)c1c(C)cccc1C. The third-order valence-corrected chi connectivity index (χ3v) is 5.24. The maximum Gasteiger partial charge on any atom is 0.408 e. The molecule has 0 heterocycles. The molecule has 0 aliphatic carbocycles. The third-order valence-electron chi connectivity index (χ3n) is 5.24. The van der Waals surface area contributed by atoms with E-state index in [1.54, 1.807) is 20.8 Å². The highest BCUT2D eigenvalue weighted by molar-refractivity contribution is 5.92. The van der Waals surface area contributed by atoms with Crippen molar-refractivity contribution in [2.45, 2.75) is 78.5 Å². The molecule has 0 spiro atoms. The molecule has 0 saturated carbocycles. The summed E-state index contributed by atoms with van der Waals surface area (Å²) in [5, 5.41) is 15.3. The maximum absolute atomic E-state index is 13.6. The standard InChI is InChI=1S/C26H41N3O5/c1-8-10-11-15-27-23(31)22(21-18(3)13-12-14-19(21)4)29(16-9-2)24(32)20(17-30)28-25(33)34-26(5,6)7/h9,12-14,20,22,30H,2,8,10-11,15-17H2,1,3-7H3,(H,27,31)(H,28,33). The lowest BCUT2D eigenvalue weighted by atomic mass is 9.93. The van der Waals surface area contributed by atoms with Gasteiger partial charge in [-0.05, 0) is 57.7 Å². The van der Waals surface area contributed by atoms with Gasteiger partial charge >= 0.3 is 6.09 Å². The average Bonchev–Trinajstić information content (AvgIpc) is 2.74. The predicted molar refractivity (Wildman–Crippen MR) is 133 cm³/mol. The fraction of sp³-hybridized carbons (Fsp3) is 0.577. The van der Waals surface area contributed by atoms with Crippen molar-refractivity contribution in [3.63, 3.8) is 0 Å². The van der Waals surface area contributed by atoms with E-state index in [1.807, 2.05) is 32.0 Å². The van der Waals surface area contributed by atoms with Gasteiger partial charge in [0, 0.05) is 13.1 Å². The summed E-state index contributed by atoms with van der Waals surface area (Å²) in [5.74, 6) is -0.928. The van der Waals surface area contributed by atoms with Crippen LogP contribution in [0.4, 0.5) is 4.79 Å². The average molecular weight is 476 g/mol. The fourth-order valence-electron chi connectivity index (χ4n) is 3.67. The molecule has 1 rings (SSSR count). The molecule has 0 radical (unpaired) electrons. The van der Waals surface area contributed by atoms with E-state index >= 15 is 0 Å². The highest BCUT2D eigenvalue weighted by atomic mass is 16.6. The van der Waals surface area contributed by atoms with Crippen LogP contribution in [0.1, 0.15) is 69.7 Å². The van der Waals surface area contributed by atoms with Crippen LogP contribution in [-0.2, 0) is 14.3 Å². The number of benzene rings is 1. The Balaban J connectivity index is 3.36. The van der Waals surface area contributed by atoms with Crippen LogP contribution in [0, 0.1) is 13.8 Å². The number of rotatable bonds is 12. The lowest BCUT2D eigenvalue weighted by Gasteiger charge is -2.34. The molecular formula is C26H41N3O5. The zero-order valence-electron chi connectivity index (χ0n) is 21.4. The Morgan fingerprint density at radius 2 is 1.79 bits per heavy atom. The summed E-state index contributed by atoms with van der Waals surface area (Å²) in [4.78, 5) is 40.6. The van der Waals surface area contributed by atoms with E-state index in [4.69, 9.17) is 4.74 Å². The summed E-state index contributed by atoms with van der Waals surface area (Å²) < 4.78 is 5.24. The minimum atomic E-state index is -1.28. The number of ether oxygens (including phenoxy) is 1. The number of aliphatic hydroxyl groups is 1. The smallest absolute Gasteiger partial charge is 0.408 e. The van der Waals surface area contributed by atoms with Gasteiger partial charge in [0.1, 0.15) is 17.7 Å². The molecule has 1 aromatic carbocycles. The predicted octanol–water partition coefficient (Wildman–Crippen LogP) is 3.55. The van der Waals surface area contributed by atoms with Crippen LogP contribution in [0.25, 0.3) is 0 Å². The zero-order chi connectivity index (χ0) is 25.9. The number of hydrogen-bond donors (Lipinski definition) is 3. The van der Waals surface area contributed by atoms with E-state index in [0.717, 1.165) is 30.4 Å². The Morgan fingerprint density at radius 3 is 2.29 bits per heavy atom. The van der Waals surface area contributed by atoms with Crippen LogP contribution < -0.4 is 10.6 Å². The summed E-state index contributed by atoms with van der Waals surface area (Å²) >= 11 is 0. The van der Waals surface area contributed by atoms with Gasteiger partial charge in [-0.2, -0.15) is 0 Å². The number of carbonyl (C=O) groups excluding carboxylic acids is 3. The maximum atomic E-state index is 13.6. The van der Waals surface area contributed by atoms with Crippen molar-refractivity contribution >= 4 is 17.9 Å². The van der Waals surface area contributed by atoms with Crippen LogP contribution in [0.3, 0.4) is 0 Å². The van der Waals surface area contributed by atoms with Crippen molar-refractivity contribution in [2.75, 3.05) is 19.7 Å². The second-order valence-corrected chi connectivity index (χ2v) is 9.37. The van der Waals surface area contributed by atoms with E-state index in [0.29, 0.717) is 12.1 Å². The quantitative estimate of drug-likeness (QED) is 0.316. The van der Waals surface area contributed by atoms with Crippen molar-refractivity contribution in [2.24, 2.45) is 0 Å². The molecule has 3 N–H and O–H groups in total. The first-order chi connectivity index (χ1) is 16.0. The van der Waals surface area contributed by atoms with Crippen LogP contribution in [0.15, 0.2) is 30.9 Å². The van der Waals surface area contributed by atoms with Gasteiger partial charge in [0.25, 0.3) is 0 Å². The summed E-state index contributed by atoms with van der Waals surface area (Å²) in [6.07, 6.45) is 3.52. The third kappa shape index (κ3) is 8.82. The first-order valence-electron chi connectivity index (χ1n) is 11.8. The van der Waals surface area contributed by atoms with Crippen LogP contribution >= 0.6 is 0 Å². The van der Waals surface area contributed by atoms with Gasteiger partial charge in [0.05, 0.1) is 6.61 Å². The van der Waals surface area contributed by atoms with Crippen molar-refractivity contribution in [3.8, 4) is 0 Å². The lowest BCUT2D eigenvalue weighted by molar-refractivity contribution is -0.142. The molecule has 2 atom stereocenters. The van der Waals surface area contributed by atoms with Crippen LogP contribution in [0.5, 0.6) is 0 Å². The number of nitrogens with zero attached hydrogens (tertiary/aromatic N) is 1. The molecule has 34 heavy (non-hydrogen) atoms. The van der Waals surface area contributed by atoms with Gasteiger partial charge in [-0.1, -0.05) is 44.0 Å². The monoisotopic (exact) mass is 475 g/mol. The summed E-state index contributed by atoms with van der Waals surface area (Å²) in [7, 11) is 0. The number of amides is 3. The normalized spacial score (nSPS) is 12.9. The number of hydrogen-bond acceptors (Lipinski definition) is 5. The molecule has 0 aliphatic rings. The Kier molecular flexibility index (Phi) is 11.8. The number of unbranched alkanes of at least 4 members (excludes halogenated alkanes) is 2. The van der Waals surface area contributed by atoms with E-state index < -0.39 is 36.3 Å². The van der Waals surface area contributed by atoms with Gasteiger partial charge < -0.3 is 25.4 Å². The molecule has 0 aliphatic heterocycles. The summed E-state index contributed by atoms with van der Waals surface area (Å²) in [6, 6.07) is 3.43. The number of alkyl carbamates (subject to hydrolysis) is 1. The number of carbonyl (C=O) groups is 3. The molecule has 2 unspecified atom stereocenters. The van der Waals surface area contributed by atoms with Gasteiger partial charge in [-0.15, -0.1) is 6.58 Å². The largest absolute Gasteiger partial charge is 0.444 e. The van der Waals surface area contributed by atoms with Crippen LogP contribution in [-0.4, -0.2) is 59.3 Å². The molecular weight excluding hydrogens is 434 g/mol. The zero-order valence-corrected chi connectivity index (χ0v) is 21.4. The topological polar surface area (TPSA) is 108 Å². The second kappa shape index (κ2) is 13.7. The van der Waals surface area contributed by atoms with E-state index in [2.05, 4.69) is 24.1 Å². The number of nitrogens with one attached hydrogen (secondary N) is 2. The van der Waals surface area contributed by atoms with Crippen molar-refractivity contribution in [1.82, 2.24) is 15.5 Å². The first kappa shape index (κ1) is 29.2. The molecule has 1 aromatic rings. The second-order valence-electron chi connectivity index (χ2n) is 9.37. The van der Waals surface area contributed by atoms with E-state index in [-0.39, 0.29) is 12.5 Å². The lowest BCUT2D eigenvalue weighted by Crippen LogP contribution is -2.54. The highest BCUT2D eigenvalue weighted by Gasteiger charge is 2.36. The molecule has 190 valence electrons. The van der Waals surface area contributed by atoms with Gasteiger partial charge in [0.2, 0.25) is 11.8 Å². The van der Waals surface area contributed by atoms with Crippen molar-refractivity contribution in [3.05, 3.63) is 47.5 Å². The Bertz CT molecular complexity index is 827. The summed E-state index contributed by atoms with van der Waals surface area (Å²) in [6.45, 7) is 14.6. The number of aryl methyl sites for hydroxylation is 2. The molecule has 0 saturated heterocycles.